The van der Waals surface area contributed by atoms with Gasteiger partial charge >= 0.3 is 0 Å². The standard InChI is InChI=1S/C20H26N4O3S/c1-15-13-21-24(14-16-8-9-16)19(15)22-20(25)17-6-5-7-18(12-17)28(26,27)23-10-3-2-4-11-23/h5-7,12-13,16H,2-4,8-11,14H2,1H3,(H,22,25). The van der Waals surface area contributed by atoms with Crippen LogP contribution in [0.5, 0.6) is 0 Å². The second kappa shape index (κ2) is 7.67. The van der Waals surface area contributed by atoms with Gasteiger partial charge in [0.2, 0.25) is 10.0 Å². The van der Waals surface area contributed by atoms with Crippen LogP contribution in [0, 0.1) is 12.8 Å². The Kier molecular flexibility index (Phi) is 5.25. The van der Waals surface area contributed by atoms with Crippen molar-refractivity contribution in [2.24, 2.45) is 5.92 Å². The van der Waals surface area contributed by atoms with Gasteiger partial charge in [-0.3, -0.25) is 4.79 Å². The Bertz CT molecular complexity index is 973. The van der Waals surface area contributed by atoms with Crippen LogP contribution in [-0.4, -0.2) is 41.5 Å². The molecule has 1 aliphatic heterocycles. The highest BCUT2D eigenvalue weighted by Crippen LogP contribution is 2.32. The number of aryl methyl sites for hydroxylation is 1. The topological polar surface area (TPSA) is 84.3 Å². The predicted octanol–water partition coefficient (Wildman–Crippen LogP) is 3.03. The number of aromatic nitrogens is 2. The Morgan fingerprint density at radius 2 is 1.96 bits per heavy atom. The number of nitrogens with zero attached hydrogens (tertiary/aromatic N) is 3. The summed E-state index contributed by atoms with van der Waals surface area (Å²) in [5, 5.41) is 7.28. The summed E-state index contributed by atoms with van der Waals surface area (Å²) in [6.07, 6.45) is 6.95. The molecule has 2 heterocycles. The zero-order valence-electron chi connectivity index (χ0n) is 16.1. The molecular weight excluding hydrogens is 376 g/mol. The van der Waals surface area contributed by atoms with Crippen LogP contribution >= 0.6 is 0 Å². The molecule has 1 saturated carbocycles. The van der Waals surface area contributed by atoms with E-state index in [1.165, 1.54) is 23.2 Å². The van der Waals surface area contributed by atoms with Crippen LogP contribution in [0.15, 0.2) is 35.4 Å². The molecule has 1 aromatic heterocycles. The molecule has 0 unspecified atom stereocenters. The van der Waals surface area contributed by atoms with Crippen LogP contribution < -0.4 is 5.32 Å². The lowest BCUT2D eigenvalue weighted by Crippen LogP contribution is -2.35. The Hall–Kier alpha value is -2.19. The van der Waals surface area contributed by atoms with E-state index in [2.05, 4.69) is 10.4 Å². The van der Waals surface area contributed by atoms with Crippen LogP contribution in [-0.2, 0) is 16.6 Å². The monoisotopic (exact) mass is 402 g/mol. The number of piperidine rings is 1. The number of amides is 1. The average Bonchev–Trinajstić information content (AvgIpc) is 3.47. The molecule has 0 bridgehead atoms. The minimum Gasteiger partial charge on any atom is -0.307 e. The molecule has 28 heavy (non-hydrogen) atoms. The third-order valence-electron chi connectivity index (χ3n) is 5.43. The molecular formula is C20H26N4O3S. The highest BCUT2D eigenvalue weighted by molar-refractivity contribution is 7.89. The Balaban J connectivity index is 1.54. The zero-order chi connectivity index (χ0) is 19.7. The van der Waals surface area contributed by atoms with E-state index in [1.54, 1.807) is 24.4 Å². The highest BCUT2D eigenvalue weighted by Gasteiger charge is 2.27. The fourth-order valence-corrected chi connectivity index (χ4v) is 5.12. The van der Waals surface area contributed by atoms with Gasteiger partial charge in [0.15, 0.2) is 0 Å². The molecule has 2 aliphatic rings. The maximum absolute atomic E-state index is 12.9. The van der Waals surface area contributed by atoms with E-state index in [0.717, 1.165) is 31.4 Å². The number of carbonyl (C=O) groups excluding carboxylic acids is 1. The summed E-state index contributed by atoms with van der Waals surface area (Å²) >= 11 is 0. The zero-order valence-corrected chi connectivity index (χ0v) is 16.9. The van der Waals surface area contributed by atoms with Crippen molar-refractivity contribution in [3.63, 3.8) is 0 Å². The first kappa shape index (κ1) is 19.1. The number of hydrogen-bond donors (Lipinski definition) is 1. The fourth-order valence-electron chi connectivity index (χ4n) is 3.56. The summed E-state index contributed by atoms with van der Waals surface area (Å²) in [7, 11) is -3.57. The number of hydrogen-bond acceptors (Lipinski definition) is 4. The lowest BCUT2D eigenvalue weighted by Gasteiger charge is -2.26. The van der Waals surface area contributed by atoms with Crippen LogP contribution in [0.25, 0.3) is 0 Å². The second-order valence-electron chi connectivity index (χ2n) is 7.75. The summed E-state index contributed by atoms with van der Waals surface area (Å²) in [4.78, 5) is 13.0. The molecule has 2 aromatic rings. The smallest absolute Gasteiger partial charge is 0.256 e. The molecule has 0 atom stereocenters. The van der Waals surface area contributed by atoms with Crippen LogP contribution in [0.2, 0.25) is 0 Å². The third-order valence-corrected chi connectivity index (χ3v) is 7.33. The van der Waals surface area contributed by atoms with Crippen molar-refractivity contribution in [1.29, 1.82) is 0 Å². The fraction of sp³-hybridized carbons (Fsp3) is 0.500. The van der Waals surface area contributed by atoms with Crippen molar-refractivity contribution in [3.8, 4) is 0 Å². The van der Waals surface area contributed by atoms with Crippen molar-refractivity contribution < 1.29 is 13.2 Å². The lowest BCUT2D eigenvalue weighted by molar-refractivity contribution is 0.102. The summed E-state index contributed by atoms with van der Waals surface area (Å²) in [5.74, 6) is 0.991. The summed E-state index contributed by atoms with van der Waals surface area (Å²) in [5.41, 5.74) is 1.22. The van der Waals surface area contributed by atoms with Gasteiger partial charge in [0.25, 0.3) is 5.91 Å². The van der Waals surface area contributed by atoms with Crippen LogP contribution in [0.3, 0.4) is 0 Å². The summed E-state index contributed by atoms with van der Waals surface area (Å²) < 4.78 is 29.1. The maximum atomic E-state index is 12.9. The van der Waals surface area contributed by atoms with Crippen molar-refractivity contribution in [1.82, 2.24) is 14.1 Å². The van der Waals surface area contributed by atoms with Crippen LogP contribution in [0.4, 0.5) is 5.82 Å². The summed E-state index contributed by atoms with van der Waals surface area (Å²) in [6.45, 7) is 3.78. The van der Waals surface area contributed by atoms with Crippen molar-refractivity contribution in [2.45, 2.75) is 50.5 Å². The van der Waals surface area contributed by atoms with Gasteiger partial charge in [-0.25, -0.2) is 13.1 Å². The number of sulfonamides is 1. The largest absolute Gasteiger partial charge is 0.307 e. The number of carbonyl (C=O) groups is 1. The maximum Gasteiger partial charge on any atom is 0.256 e. The Morgan fingerprint density at radius 1 is 1.21 bits per heavy atom. The molecule has 1 saturated heterocycles. The third kappa shape index (κ3) is 3.98. The van der Waals surface area contributed by atoms with E-state index in [-0.39, 0.29) is 10.8 Å². The van der Waals surface area contributed by atoms with Gasteiger partial charge in [0.1, 0.15) is 5.82 Å². The van der Waals surface area contributed by atoms with Gasteiger partial charge in [0, 0.05) is 30.8 Å². The highest BCUT2D eigenvalue weighted by atomic mass is 32.2. The van der Waals surface area contributed by atoms with Crippen molar-refractivity contribution in [2.75, 3.05) is 18.4 Å². The molecule has 1 aliphatic carbocycles. The summed E-state index contributed by atoms with van der Waals surface area (Å²) in [6, 6.07) is 6.29. The van der Waals surface area contributed by atoms with Gasteiger partial charge in [-0.2, -0.15) is 9.40 Å². The van der Waals surface area contributed by atoms with Gasteiger partial charge in [0.05, 0.1) is 11.1 Å². The Labute approximate surface area is 165 Å². The van der Waals surface area contributed by atoms with Gasteiger partial charge < -0.3 is 5.32 Å². The van der Waals surface area contributed by atoms with E-state index in [4.69, 9.17) is 0 Å². The first-order chi connectivity index (χ1) is 13.4. The molecule has 7 nitrogen and oxygen atoms in total. The number of rotatable bonds is 6. The van der Waals surface area contributed by atoms with Gasteiger partial charge in [-0.1, -0.05) is 12.5 Å². The lowest BCUT2D eigenvalue weighted by atomic mass is 10.2. The van der Waals surface area contributed by atoms with E-state index < -0.39 is 10.0 Å². The van der Waals surface area contributed by atoms with Crippen molar-refractivity contribution in [3.05, 3.63) is 41.6 Å². The molecule has 8 heteroatoms. The predicted molar refractivity (Wildman–Crippen MR) is 107 cm³/mol. The van der Waals surface area contributed by atoms with Crippen LogP contribution in [0.1, 0.15) is 48.0 Å². The molecule has 0 spiro atoms. The molecule has 4 rings (SSSR count). The first-order valence-electron chi connectivity index (χ1n) is 9.89. The van der Waals surface area contributed by atoms with E-state index >= 15 is 0 Å². The van der Waals surface area contributed by atoms with Gasteiger partial charge in [-0.15, -0.1) is 0 Å². The second-order valence-corrected chi connectivity index (χ2v) is 9.69. The van der Waals surface area contributed by atoms with E-state index in [9.17, 15) is 13.2 Å². The SMILES string of the molecule is Cc1cnn(CC2CC2)c1NC(=O)c1cccc(S(=O)(=O)N2CCCCC2)c1. The van der Waals surface area contributed by atoms with Gasteiger partial charge in [-0.05, 0) is 56.7 Å². The molecule has 0 radical (unpaired) electrons. The Morgan fingerprint density at radius 3 is 2.68 bits per heavy atom. The average molecular weight is 403 g/mol. The number of benzene rings is 1. The van der Waals surface area contributed by atoms with E-state index in [0.29, 0.717) is 30.4 Å². The van der Waals surface area contributed by atoms with E-state index in [1.807, 2.05) is 11.6 Å². The molecule has 150 valence electrons. The molecule has 2 fully saturated rings. The first-order valence-corrected chi connectivity index (χ1v) is 11.3. The molecule has 1 N–H and O–H groups in total. The minimum absolute atomic E-state index is 0.172. The van der Waals surface area contributed by atoms with Crippen molar-refractivity contribution >= 4 is 21.7 Å². The molecule has 1 amide bonds. The number of anilines is 1. The number of nitrogens with one attached hydrogen (secondary N) is 1. The normalized spacial score (nSPS) is 18.2. The quantitative estimate of drug-likeness (QED) is 0.805. The molecule has 1 aromatic carbocycles. The minimum atomic E-state index is -3.57.